The number of nitrogens with one attached hydrogen (secondary N) is 2. The fraction of sp³-hybridized carbons (Fsp3) is 0.263. The normalized spacial score (nSPS) is 18.4. The van der Waals surface area contributed by atoms with Crippen LogP contribution in [0.2, 0.25) is 0 Å². The number of nitrogens with zero attached hydrogens (tertiary/aromatic N) is 1. The van der Waals surface area contributed by atoms with Crippen molar-refractivity contribution in [1.82, 2.24) is 10.6 Å². The molecule has 0 bridgehead atoms. The summed E-state index contributed by atoms with van der Waals surface area (Å²) in [4.78, 5) is 25.8. The van der Waals surface area contributed by atoms with Gasteiger partial charge in [0.1, 0.15) is 12.7 Å². The Morgan fingerprint density at radius 2 is 2.04 bits per heavy atom. The Morgan fingerprint density at radius 1 is 1.19 bits per heavy atom. The summed E-state index contributed by atoms with van der Waals surface area (Å²) in [6.45, 7) is 1.92. The topological polar surface area (TPSA) is 79.9 Å². The van der Waals surface area contributed by atoms with E-state index in [4.69, 9.17) is 9.47 Å². The highest BCUT2D eigenvalue weighted by Gasteiger charge is 2.23. The van der Waals surface area contributed by atoms with Crippen molar-refractivity contribution < 1.29 is 19.1 Å². The number of hydrogen-bond acceptors (Lipinski definition) is 4. The Hall–Kier alpha value is -3.22. The van der Waals surface area contributed by atoms with E-state index in [0.29, 0.717) is 49.0 Å². The summed E-state index contributed by atoms with van der Waals surface area (Å²) in [5.41, 5.74) is 1.21. The van der Waals surface area contributed by atoms with Crippen LogP contribution in [0.4, 0.5) is 10.5 Å². The third-order valence-corrected chi connectivity index (χ3v) is 4.33. The maximum atomic E-state index is 12.5. The molecule has 0 saturated carbocycles. The molecule has 2 aliphatic rings. The molecule has 2 aromatic rings. The van der Waals surface area contributed by atoms with Crippen LogP contribution in [-0.2, 0) is 0 Å². The lowest BCUT2D eigenvalue weighted by Crippen LogP contribution is -2.40. The van der Waals surface area contributed by atoms with Crippen molar-refractivity contribution in [2.45, 2.75) is 6.10 Å². The van der Waals surface area contributed by atoms with Crippen molar-refractivity contribution in [3.63, 3.8) is 0 Å². The van der Waals surface area contributed by atoms with Gasteiger partial charge >= 0.3 is 6.03 Å². The summed E-state index contributed by atoms with van der Waals surface area (Å²) in [6.07, 6.45) is -0.249. The Bertz CT molecular complexity index is 839. The molecule has 2 N–H and O–H groups in total. The molecule has 2 heterocycles. The lowest BCUT2D eigenvalue weighted by Gasteiger charge is -2.26. The lowest BCUT2D eigenvalue weighted by molar-refractivity contribution is 0.0789. The number of benzene rings is 2. The standard InChI is InChI=1S/C19H19N3O4/c23-18(13-4-3-5-14(10-13)22-9-8-20-19(22)24)21-11-15-12-25-16-6-1-2-7-17(16)26-15/h1-7,10,15H,8-9,11-12H2,(H,20,24)(H,21,23)/t15-/m1/s1. The number of anilines is 1. The minimum absolute atomic E-state index is 0.144. The highest BCUT2D eigenvalue weighted by atomic mass is 16.6. The van der Waals surface area contributed by atoms with Gasteiger partial charge in [0, 0.05) is 24.3 Å². The van der Waals surface area contributed by atoms with Gasteiger partial charge in [0.15, 0.2) is 11.5 Å². The smallest absolute Gasteiger partial charge is 0.321 e. The number of para-hydroxylation sites is 2. The highest BCUT2D eigenvalue weighted by molar-refractivity contribution is 5.98. The second-order valence-electron chi connectivity index (χ2n) is 6.14. The van der Waals surface area contributed by atoms with Crippen LogP contribution in [0.15, 0.2) is 48.5 Å². The summed E-state index contributed by atoms with van der Waals surface area (Å²) in [6, 6.07) is 14.3. The molecule has 0 spiro atoms. The second kappa shape index (κ2) is 6.95. The first-order valence-electron chi connectivity index (χ1n) is 8.53. The molecule has 1 atom stereocenters. The molecule has 134 valence electrons. The third kappa shape index (κ3) is 3.28. The molecule has 0 radical (unpaired) electrons. The van der Waals surface area contributed by atoms with Crippen LogP contribution in [0.1, 0.15) is 10.4 Å². The quantitative estimate of drug-likeness (QED) is 0.878. The first-order valence-corrected chi connectivity index (χ1v) is 8.53. The second-order valence-corrected chi connectivity index (χ2v) is 6.14. The average Bonchev–Trinajstić information content (AvgIpc) is 3.12. The third-order valence-electron chi connectivity index (χ3n) is 4.33. The van der Waals surface area contributed by atoms with Crippen molar-refractivity contribution >= 4 is 17.6 Å². The maximum absolute atomic E-state index is 12.5. The Kier molecular flexibility index (Phi) is 4.35. The number of carbonyl (C=O) groups excluding carboxylic acids is 2. The van der Waals surface area contributed by atoms with Crippen molar-refractivity contribution in [2.75, 3.05) is 31.1 Å². The van der Waals surface area contributed by atoms with Crippen LogP contribution >= 0.6 is 0 Å². The summed E-state index contributed by atoms with van der Waals surface area (Å²) < 4.78 is 11.5. The zero-order chi connectivity index (χ0) is 17.9. The van der Waals surface area contributed by atoms with Crippen LogP contribution < -0.4 is 25.0 Å². The van der Waals surface area contributed by atoms with E-state index in [0.717, 1.165) is 0 Å². The Balaban J connectivity index is 1.38. The van der Waals surface area contributed by atoms with Gasteiger partial charge in [0.05, 0.1) is 6.54 Å². The van der Waals surface area contributed by atoms with E-state index in [1.807, 2.05) is 30.3 Å². The van der Waals surface area contributed by atoms with Crippen LogP contribution in [-0.4, -0.2) is 44.3 Å². The van der Waals surface area contributed by atoms with Crippen LogP contribution in [0.25, 0.3) is 0 Å². The summed E-state index contributed by atoms with van der Waals surface area (Å²) in [5, 5.41) is 5.61. The first kappa shape index (κ1) is 16.3. The highest BCUT2D eigenvalue weighted by Crippen LogP contribution is 2.30. The number of carbonyl (C=O) groups is 2. The van der Waals surface area contributed by atoms with Gasteiger partial charge in [-0.3, -0.25) is 9.69 Å². The molecule has 2 aromatic carbocycles. The molecule has 0 aliphatic carbocycles. The molecule has 26 heavy (non-hydrogen) atoms. The lowest BCUT2D eigenvalue weighted by atomic mass is 10.1. The number of fused-ring (bicyclic) bond motifs is 1. The van der Waals surface area contributed by atoms with Gasteiger partial charge in [-0.15, -0.1) is 0 Å². The zero-order valence-electron chi connectivity index (χ0n) is 14.1. The number of hydrogen-bond donors (Lipinski definition) is 2. The molecular weight excluding hydrogens is 334 g/mol. The van der Waals surface area contributed by atoms with E-state index in [1.54, 1.807) is 23.1 Å². The monoisotopic (exact) mass is 353 g/mol. The fourth-order valence-electron chi connectivity index (χ4n) is 3.01. The molecule has 2 aliphatic heterocycles. The summed E-state index contributed by atoms with van der Waals surface area (Å²) in [7, 11) is 0. The van der Waals surface area contributed by atoms with E-state index in [1.165, 1.54) is 0 Å². The Labute approximate surface area is 150 Å². The SMILES string of the molecule is O=C(NC[C@@H]1COc2ccccc2O1)c1cccc(N2CCNC2=O)c1. The minimum Gasteiger partial charge on any atom is -0.486 e. The largest absolute Gasteiger partial charge is 0.486 e. The van der Waals surface area contributed by atoms with Gasteiger partial charge in [-0.1, -0.05) is 18.2 Å². The molecule has 0 unspecified atom stereocenters. The predicted molar refractivity (Wildman–Crippen MR) is 95.9 cm³/mol. The van der Waals surface area contributed by atoms with E-state index in [2.05, 4.69) is 10.6 Å². The first-order chi connectivity index (χ1) is 12.7. The molecular formula is C19H19N3O4. The molecule has 4 rings (SSSR count). The van der Waals surface area contributed by atoms with E-state index in [9.17, 15) is 9.59 Å². The molecule has 3 amide bonds. The minimum atomic E-state index is -0.249. The van der Waals surface area contributed by atoms with Crippen LogP contribution in [0, 0.1) is 0 Å². The number of urea groups is 1. The number of amides is 3. The molecule has 7 nitrogen and oxygen atoms in total. The van der Waals surface area contributed by atoms with Gasteiger partial charge in [-0.05, 0) is 30.3 Å². The van der Waals surface area contributed by atoms with E-state index in [-0.39, 0.29) is 18.0 Å². The van der Waals surface area contributed by atoms with Crippen LogP contribution in [0.3, 0.4) is 0 Å². The maximum Gasteiger partial charge on any atom is 0.321 e. The van der Waals surface area contributed by atoms with E-state index >= 15 is 0 Å². The fourth-order valence-corrected chi connectivity index (χ4v) is 3.01. The average molecular weight is 353 g/mol. The number of rotatable bonds is 4. The molecule has 0 aromatic heterocycles. The van der Waals surface area contributed by atoms with Gasteiger partial charge < -0.3 is 20.1 Å². The van der Waals surface area contributed by atoms with Gasteiger partial charge in [0.25, 0.3) is 5.91 Å². The molecule has 7 heteroatoms. The Morgan fingerprint density at radius 3 is 2.85 bits per heavy atom. The van der Waals surface area contributed by atoms with Crippen molar-refractivity contribution in [3.8, 4) is 11.5 Å². The summed E-state index contributed by atoms with van der Waals surface area (Å²) >= 11 is 0. The molecule has 1 saturated heterocycles. The molecule has 1 fully saturated rings. The van der Waals surface area contributed by atoms with Crippen molar-refractivity contribution in [2.24, 2.45) is 0 Å². The van der Waals surface area contributed by atoms with Crippen molar-refractivity contribution in [3.05, 3.63) is 54.1 Å². The van der Waals surface area contributed by atoms with Gasteiger partial charge in [-0.2, -0.15) is 0 Å². The van der Waals surface area contributed by atoms with E-state index < -0.39 is 0 Å². The zero-order valence-corrected chi connectivity index (χ0v) is 14.1. The van der Waals surface area contributed by atoms with Gasteiger partial charge in [0.2, 0.25) is 0 Å². The van der Waals surface area contributed by atoms with Crippen molar-refractivity contribution in [1.29, 1.82) is 0 Å². The van der Waals surface area contributed by atoms with Gasteiger partial charge in [-0.25, -0.2) is 4.79 Å². The predicted octanol–water partition coefficient (Wildman–Crippen LogP) is 1.79. The summed E-state index contributed by atoms with van der Waals surface area (Å²) in [5.74, 6) is 1.18. The van der Waals surface area contributed by atoms with Crippen LogP contribution in [0.5, 0.6) is 11.5 Å². The number of ether oxygens (including phenoxy) is 2.